The van der Waals surface area contributed by atoms with Gasteiger partial charge in [0.25, 0.3) is 0 Å². The van der Waals surface area contributed by atoms with E-state index >= 15 is 0 Å². The van der Waals surface area contributed by atoms with Crippen molar-refractivity contribution >= 4 is 5.91 Å². The fraction of sp³-hybridized carbons (Fsp3) is 0.412. The molecule has 5 nitrogen and oxygen atoms in total. The van der Waals surface area contributed by atoms with Crippen molar-refractivity contribution in [2.75, 3.05) is 0 Å². The topological polar surface area (TPSA) is 75.4 Å². The number of hydrogen-bond acceptors (Lipinski definition) is 4. The van der Waals surface area contributed by atoms with Crippen LogP contribution in [0.2, 0.25) is 0 Å². The number of benzene rings is 1. The molecule has 0 spiro atoms. The third-order valence-corrected chi connectivity index (χ3v) is 3.88. The Kier molecular flexibility index (Phi) is 5.33. The molecule has 22 heavy (non-hydrogen) atoms. The summed E-state index contributed by atoms with van der Waals surface area (Å²) in [4.78, 5) is 12.2. The maximum atomic E-state index is 12.2. The number of nitrogens with zero attached hydrogens (tertiary/aromatic N) is 1. The Balaban J connectivity index is 1.94. The normalized spacial score (nSPS) is 12.2. The molecule has 2 aromatic rings. The predicted octanol–water partition coefficient (Wildman–Crippen LogP) is 2.28. The number of amides is 1. The van der Waals surface area contributed by atoms with E-state index in [4.69, 9.17) is 4.52 Å². The number of nitrogens with one attached hydrogen (secondary N) is 1. The number of carbonyl (C=O) groups excluding carboxylic acids is 1. The lowest BCUT2D eigenvalue weighted by Crippen LogP contribution is -2.30. The first kappa shape index (κ1) is 16.2. The number of aromatic nitrogens is 1. The van der Waals surface area contributed by atoms with Crippen molar-refractivity contribution in [3.8, 4) is 0 Å². The van der Waals surface area contributed by atoms with E-state index in [1.54, 1.807) is 0 Å². The van der Waals surface area contributed by atoms with Gasteiger partial charge in [-0.15, -0.1) is 0 Å². The number of rotatable bonds is 6. The van der Waals surface area contributed by atoms with Gasteiger partial charge in [0.05, 0.1) is 12.3 Å². The van der Waals surface area contributed by atoms with E-state index in [1.807, 2.05) is 45.0 Å². The van der Waals surface area contributed by atoms with Crippen LogP contribution in [0.3, 0.4) is 0 Å². The van der Waals surface area contributed by atoms with E-state index in [0.29, 0.717) is 13.0 Å². The molecule has 118 valence electrons. The Morgan fingerprint density at radius 2 is 2.00 bits per heavy atom. The Labute approximate surface area is 130 Å². The number of aryl methyl sites for hydroxylation is 2. The summed E-state index contributed by atoms with van der Waals surface area (Å²) in [5, 5.41) is 16.1. The van der Waals surface area contributed by atoms with Crippen LogP contribution in [0.25, 0.3) is 0 Å². The second-order valence-corrected chi connectivity index (χ2v) is 5.55. The van der Waals surface area contributed by atoms with Crippen LogP contribution < -0.4 is 5.32 Å². The lowest BCUT2D eigenvalue weighted by atomic mass is 9.99. The van der Waals surface area contributed by atoms with Crippen LogP contribution in [0.4, 0.5) is 0 Å². The standard InChI is InChI=1S/C17H22N2O3/c1-11(8-16-12(2)19-22-13(16)3)17(21)18-9-14-6-4-5-7-15(14)10-20/h4-7,11,20H,8-10H2,1-3H3,(H,18,21). The highest BCUT2D eigenvalue weighted by Gasteiger charge is 2.18. The van der Waals surface area contributed by atoms with Crippen LogP contribution in [0.1, 0.15) is 35.1 Å². The van der Waals surface area contributed by atoms with Gasteiger partial charge in [-0.05, 0) is 31.4 Å². The summed E-state index contributed by atoms with van der Waals surface area (Å²) >= 11 is 0. The van der Waals surface area contributed by atoms with Gasteiger partial charge in [-0.25, -0.2) is 0 Å². The molecule has 0 radical (unpaired) electrons. The van der Waals surface area contributed by atoms with Crippen molar-refractivity contribution in [2.24, 2.45) is 5.92 Å². The molecule has 5 heteroatoms. The number of aliphatic hydroxyl groups is 1. The van der Waals surface area contributed by atoms with E-state index in [0.717, 1.165) is 28.1 Å². The predicted molar refractivity (Wildman–Crippen MR) is 83.1 cm³/mol. The number of hydrogen-bond donors (Lipinski definition) is 2. The molecule has 2 rings (SSSR count). The van der Waals surface area contributed by atoms with E-state index in [9.17, 15) is 9.90 Å². The third kappa shape index (κ3) is 3.74. The Bertz CT molecular complexity index is 630. The quantitative estimate of drug-likeness (QED) is 0.858. The highest BCUT2D eigenvalue weighted by molar-refractivity contribution is 5.78. The first-order valence-corrected chi connectivity index (χ1v) is 7.40. The van der Waals surface area contributed by atoms with Crippen LogP contribution in [0.5, 0.6) is 0 Å². The van der Waals surface area contributed by atoms with Gasteiger partial charge in [0.15, 0.2) is 0 Å². The Morgan fingerprint density at radius 3 is 2.59 bits per heavy atom. The molecule has 1 heterocycles. The Hall–Kier alpha value is -2.14. The van der Waals surface area contributed by atoms with E-state index in [-0.39, 0.29) is 18.4 Å². The molecule has 0 saturated carbocycles. The van der Waals surface area contributed by atoms with Gasteiger partial charge >= 0.3 is 0 Å². The molecule has 1 amide bonds. The maximum absolute atomic E-state index is 12.2. The summed E-state index contributed by atoms with van der Waals surface area (Å²) in [5.41, 5.74) is 3.60. The molecule has 2 N–H and O–H groups in total. The minimum atomic E-state index is -0.168. The summed E-state index contributed by atoms with van der Waals surface area (Å²) in [7, 11) is 0. The molecule has 1 aromatic heterocycles. The third-order valence-electron chi connectivity index (χ3n) is 3.88. The summed E-state index contributed by atoms with van der Waals surface area (Å²) in [6.45, 7) is 6.02. The lowest BCUT2D eigenvalue weighted by molar-refractivity contribution is -0.124. The second kappa shape index (κ2) is 7.22. The second-order valence-electron chi connectivity index (χ2n) is 5.55. The van der Waals surface area contributed by atoms with Gasteiger partial charge in [-0.2, -0.15) is 0 Å². The molecule has 1 atom stereocenters. The minimum Gasteiger partial charge on any atom is -0.392 e. The van der Waals surface area contributed by atoms with Crippen LogP contribution in [-0.4, -0.2) is 16.2 Å². The largest absolute Gasteiger partial charge is 0.392 e. The fourth-order valence-electron chi connectivity index (χ4n) is 2.43. The van der Waals surface area contributed by atoms with Gasteiger partial charge in [0.1, 0.15) is 5.76 Å². The van der Waals surface area contributed by atoms with Gasteiger partial charge in [-0.1, -0.05) is 36.3 Å². The Morgan fingerprint density at radius 1 is 1.32 bits per heavy atom. The molecule has 0 bridgehead atoms. The maximum Gasteiger partial charge on any atom is 0.223 e. The van der Waals surface area contributed by atoms with E-state index in [2.05, 4.69) is 10.5 Å². The zero-order chi connectivity index (χ0) is 16.1. The fourth-order valence-corrected chi connectivity index (χ4v) is 2.43. The van der Waals surface area contributed by atoms with Gasteiger partial charge < -0.3 is 14.9 Å². The lowest BCUT2D eigenvalue weighted by Gasteiger charge is -2.13. The van der Waals surface area contributed by atoms with Crippen molar-refractivity contribution in [2.45, 2.75) is 40.3 Å². The monoisotopic (exact) mass is 302 g/mol. The van der Waals surface area contributed by atoms with Crippen LogP contribution in [0, 0.1) is 19.8 Å². The summed E-state index contributed by atoms with van der Waals surface area (Å²) in [6.07, 6.45) is 0.606. The molecule has 0 aliphatic rings. The molecule has 1 unspecified atom stereocenters. The van der Waals surface area contributed by atoms with Crippen LogP contribution in [-0.2, 0) is 24.4 Å². The summed E-state index contributed by atoms with van der Waals surface area (Å²) in [6, 6.07) is 7.53. The minimum absolute atomic E-state index is 0.0206. The van der Waals surface area contributed by atoms with Crippen LogP contribution in [0.15, 0.2) is 28.8 Å². The van der Waals surface area contributed by atoms with Gasteiger partial charge in [-0.3, -0.25) is 4.79 Å². The first-order valence-electron chi connectivity index (χ1n) is 7.40. The number of carbonyl (C=O) groups is 1. The molecular formula is C17H22N2O3. The average molecular weight is 302 g/mol. The zero-order valence-electron chi connectivity index (χ0n) is 13.2. The molecule has 0 fully saturated rings. The molecule has 0 aliphatic heterocycles. The van der Waals surface area contributed by atoms with Crippen molar-refractivity contribution in [3.05, 3.63) is 52.4 Å². The highest BCUT2D eigenvalue weighted by Crippen LogP contribution is 2.17. The van der Waals surface area contributed by atoms with Gasteiger partial charge in [0.2, 0.25) is 5.91 Å². The molecular weight excluding hydrogens is 280 g/mol. The van der Waals surface area contributed by atoms with Crippen molar-refractivity contribution in [1.29, 1.82) is 0 Å². The highest BCUT2D eigenvalue weighted by atomic mass is 16.5. The number of aliphatic hydroxyl groups excluding tert-OH is 1. The molecule has 0 saturated heterocycles. The van der Waals surface area contributed by atoms with Crippen molar-refractivity contribution in [1.82, 2.24) is 10.5 Å². The van der Waals surface area contributed by atoms with Crippen LogP contribution >= 0.6 is 0 Å². The summed E-state index contributed by atoms with van der Waals surface area (Å²) in [5.74, 6) is 0.577. The summed E-state index contributed by atoms with van der Waals surface area (Å²) < 4.78 is 5.13. The smallest absolute Gasteiger partial charge is 0.223 e. The first-order chi connectivity index (χ1) is 10.5. The SMILES string of the molecule is Cc1noc(C)c1CC(C)C(=O)NCc1ccccc1CO. The average Bonchev–Trinajstić information content (AvgIpc) is 2.84. The molecule has 1 aromatic carbocycles. The molecule has 0 aliphatic carbocycles. The zero-order valence-corrected chi connectivity index (χ0v) is 13.2. The van der Waals surface area contributed by atoms with Crippen molar-refractivity contribution < 1.29 is 14.4 Å². The van der Waals surface area contributed by atoms with E-state index < -0.39 is 0 Å². The van der Waals surface area contributed by atoms with E-state index in [1.165, 1.54) is 0 Å². The van der Waals surface area contributed by atoms with Gasteiger partial charge in [0, 0.05) is 18.0 Å². The van der Waals surface area contributed by atoms with Crippen molar-refractivity contribution in [3.63, 3.8) is 0 Å².